The molecule has 0 saturated carbocycles. The van der Waals surface area contributed by atoms with Gasteiger partial charge in [0.1, 0.15) is 17.8 Å². The van der Waals surface area contributed by atoms with Crippen LogP contribution in [0, 0.1) is 11.3 Å². The lowest BCUT2D eigenvalue weighted by atomic mass is 10.2. The molecular weight excluding hydrogens is 304 g/mol. The summed E-state index contributed by atoms with van der Waals surface area (Å²) in [5.74, 6) is 0.473. The van der Waals surface area contributed by atoms with Gasteiger partial charge in [0.05, 0.1) is 11.6 Å². The Kier molecular flexibility index (Phi) is 4.68. The van der Waals surface area contributed by atoms with Gasteiger partial charge in [0.25, 0.3) is 5.91 Å². The summed E-state index contributed by atoms with van der Waals surface area (Å²) < 4.78 is 0. The van der Waals surface area contributed by atoms with Gasteiger partial charge in [0.2, 0.25) is 0 Å². The fourth-order valence-corrected chi connectivity index (χ4v) is 2.49. The van der Waals surface area contributed by atoms with Crippen LogP contribution < -0.4 is 5.32 Å². The van der Waals surface area contributed by atoms with Crippen molar-refractivity contribution in [3.8, 4) is 6.07 Å². The van der Waals surface area contributed by atoms with Crippen molar-refractivity contribution in [1.29, 1.82) is 5.26 Å². The maximum Gasteiger partial charge on any atom is 0.272 e. The van der Waals surface area contributed by atoms with Gasteiger partial charge in [-0.1, -0.05) is 0 Å². The van der Waals surface area contributed by atoms with Crippen molar-refractivity contribution >= 4 is 17.4 Å². The van der Waals surface area contributed by atoms with Crippen LogP contribution in [0.5, 0.6) is 0 Å². The maximum atomic E-state index is 12.5. The molecule has 2 aromatic rings. The molecule has 0 atom stereocenters. The Morgan fingerprint density at radius 3 is 2.54 bits per heavy atom. The minimum Gasteiger partial charge on any atom is -0.340 e. The number of piperazine rings is 1. The highest BCUT2D eigenvalue weighted by molar-refractivity contribution is 5.93. The first-order chi connectivity index (χ1) is 11.7. The van der Waals surface area contributed by atoms with E-state index in [1.165, 1.54) is 6.33 Å². The normalized spacial score (nSPS) is 14.9. The lowest BCUT2D eigenvalue weighted by Gasteiger charge is -2.32. The molecule has 7 heteroatoms. The molecular formula is C17H18N6O. The van der Waals surface area contributed by atoms with Gasteiger partial charge in [0, 0.05) is 37.9 Å². The lowest BCUT2D eigenvalue weighted by molar-refractivity contribution is 0.0658. The fourth-order valence-electron chi connectivity index (χ4n) is 2.49. The molecule has 2 heterocycles. The number of carbonyl (C=O) groups excluding carboxylic acids is 1. The van der Waals surface area contributed by atoms with Crippen molar-refractivity contribution in [3.63, 3.8) is 0 Å². The summed E-state index contributed by atoms with van der Waals surface area (Å²) in [5, 5.41) is 11.9. The van der Waals surface area contributed by atoms with Crippen LogP contribution in [0.2, 0.25) is 0 Å². The Morgan fingerprint density at radius 1 is 1.17 bits per heavy atom. The first-order valence-electron chi connectivity index (χ1n) is 7.73. The topological polar surface area (TPSA) is 85.1 Å². The molecule has 0 radical (unpaired) electrons. The van der Waals surface area contributed by atoms with Crippen molar-refractivity contribution in [2.45, 2.75) is 0 Å². The summed E-state index contributed by atoms with van der Waals surface area (Å²) in [6, 6.07) is 10.8. The van der Waals surface area contributed by atoms with Crippen LogP contribution in [-0.2, 0) is 0 Å². The lowest BCUT2D eigenvalue weighted by Crippen LogP contribution is -2.47. The number of carbonyl (C=O) groups is 1. The Labute approximate surface area is 140 Å². The molecule has 1 aromatic heterocycles. The summed E-state index contributed by atoms with van der Waals surface area (Å²) in [5.41, 5.74) is 1.77. The minimum atomic E-state index is -0.0756. The van der Waals surface area contributed by atoms with Crippen molar-refractivity contribution in [1.82, 2.24) is 19.8 Å². The number of anilines is 2. The quantitative estimate of drug-likeness (QED) is 0.921. The maximum absolute atomic E-state index is 12.5. The molecule has 1 aliphatic rings. The molecule has 1 saturated heterocycles. The van der Waals surface area contributed by atoms with Gasteiger partial charge in [-0.05, 0) is 31.3 Å². The second kappa shape index (κ2) is 7.06. The SMILES string of the molecule is CN1CCN(C(=O)c2cc(Nc3ccc(C#N)cc3)ncn2)CC1. The van der Waals surface area contributed by atoms with E-state index in [0.29, 0.717) is 30.2 Å². The molecule has 1 fully saturated rings. The van der Waals surface area contributed by atoms with Crippen LogP contribution in [0.3, 0.4) is 0 Å². The highest BCUT2D eigenvalue weighted by Crippen LogP contribution is 2.16. The molecule has 1 amide bonds. The third-order valence-corrected chi connectivity index (χ3v) is 3.96. The van der Waals surface area contributed by atoms with E-state index in [2.05, 4.69) is 26.3 Å². The number of amides is 1. The van der Waals surface area contributed by atoms with E-state index in [9.17, 15) is 4.79 Å². The van der Waals surface area contributed by atoms with Crippen molar-refractivity contribution < 1.29 is 4.79 Å². The van der Waals surface area contributed by atoms with Crippen LogP contribution in [0.25, 0.3) is 0 Å². The van der Waals surface area contributed by atoms with Crippen LogP contribution in [-0.4, -0.2) is 58.9 Å². The molecule has 24 heavy (non-hydrogen) atoms. The highest BCUT2D eigenvalue weighted by Gasteiger charge is 2.21. The molecule has 1 N–H and O–H groups in total. The van der Waals surface area contributed by atoms with E-state index in [4.69, 9.17) is 5.26 Å². The van der Waals surface area contributed by atoms with Crippen molar-refractivity contribution in [2.24, 2.45) is 0 Å². The molecule has 3 rings (SSSR count). The Bertz CT molecular complexity index is 759. The molecule has 122 valence electrons. The molecule has 0 unspecified atom stereocenters. The minimum absolute atomic E-state index is 0.0756. The number of nitrogens with one attached hydrogen (secondary N) is 1. The first kappa shape index (κ1) is 15.9. The van der Waals surface area contributed by atoms with Gasteiger partial charge in [0.15, 0.2) is 0 Å². The van der Waals surface area contributed by atoms with Gasteiger partial charge in [-0.3, -0.25) is 4.79 Å². The summed E-state index contributed by atoms with van der Waals surface area (Å²) in [6.07, 6.45) is 1.38. The summed E-state index contributed by atoms with van der Waals surface area (Å²) in [7, 11) is 2.05. The average Bonchev–Trinajstić information content (AvgIpc) is 2.63. The van der Waals surface area contributed by atoms with Crippen LogP contribution in [0.1, 0.15) is 16.1 Å². The second-order valence-corrected chi connectivity index (χ2v) is 5.70. The van der Waals surface area contributed by atoms with Crippen molar-refractivity contribution in [2.75, 3.05) is 38.5 Å². The van der Waals surface area contributed by atoms with Crippen molar-refractivity contribution in [3.05, 3.63) is 47.9 Å². The Hall–Kier alpha value is -2.98. The Balaban J connectivity index is 1.71. The van der Waals surface area contributed by atoms with Crippen LogP contribution >= 0.6 is 0 Å². The molecule has 7 nitrogen and oxygen atoms in total. The van der Waals surface area contributed by atoms with Gasteiger partial charge in [-0.25, -0.2) is 9.97 Å². The zero-order chi connectivity index (χ0) is 16.9. The molecule has 1 aliphatic heterocycles. The van der Waals surface area contributed by atoms with Crippen LogP contribution in [0.4, 0.5) is 11.5 Å². The van der Waals surface area contributed by atoms with E-state index < -0.39 is 0 Å². The summed E-state index contributed by atoms with van der Waals surface area (Å²) in [4.78, 5) is 24.8. The summed E-state index contributed by atoms with van der Waals surface area (Å²) in [6.45, 7) is 3.15. The van der Waals surface area contributed by atoms with E-state index in [0.717, 1.165) is 18.8 Å². The molecule has 0 spiro atoms. The second-order valence-electron chi connectivity index (χ2n) is 5.70. The van der Waals surface area contributed by atoms with E-state index in [1.807, 2.05) is 11.9 Å². The number of hydrogen-bond acceptors (Lipinski definition) is 6. The van der Waals surface area contributed by atoms with E-state index in [1.54, 1.807) is 30.3 Å². The summed E-state index contributed by atoms with van der Waals surface area (Å²) >= 11 is 0. The molecule has 1 aromatic carbocycles. The number of rotatable bonds is 3. The number of hydrogen-bond donors (Lipinski definition) is 1. The molecule has 0 aliphatic carbocycles. The first-order valence-corrected chi connectivity index (χ1v) is 7.73. The number of nitriles is 1. The smallest absolute Gasteiger partial charge is 0.272 e. The van der Waals surface area contributed by atoms with Gasteiger partial charge >= 0.3 is 0 Å². The van der Waals surface area contributed by atoms with Gasteiger partial charge in [-0.2, -0.15) is 5.26 Å². The zero-order valence-corrected chi connectivity index (χ0v) is 13.4. The Morgan fingerprint density at radius 2 is 1.88 bits per heavy atom. The average molecular weight is 322 g/mol. The number of nitrogens with zero attached hydrogens (tertiary/aromatic N) is 5. The zero-order valence-electron chi connectivity index (χ0n) is 13.4. The van der Waals surface area contributed by atoms with Gasteiger partial charge < -0.3 is 15.1 Å². The standard InChI is InChI=1S/C17H18N6O/c1-22-6-8-23(9-7-22)17(24)15-10-16(20-12-19-15)21-14-4-2-13(11-18)3-5-14/h2-5,10,12H,6-9H2,1H3,(H,19,20,21). The predicted octanol–water partition coefficient (Wildman–Crippen LogP) is 1.48. The highest BCUT2D eigenvalue weighted by atomic mass is 16.2. The van der Waals surface area contributed by atoms with E-state index >= 15 is 0 Å². The van der Waals surface area contributed by atoms with Crippen LogP contribution in [0.15, 0.2) is 36.7 Å². The predicted molar refractivity (Wildman–Crippen MR) is 89.9 cm³/mol. The largest absolute Gasteiger partial charge is 0.340 e. The third-order valence-electron chi connectivity index (χ3n) is 3.96. The molecule has 0 bridgehead atoms. The third kappa shape index (κ3) is 3.67. The number of likely N-dealkylation sites (N-methyl/N-ethyl adjacent to an activating group) is 1. The number of aromatic nitrogens is 2. The number of benzene rings is 1. The van der Waals surface area contributed by atoms with E-state index in [-0.39, 0.29) is 5.91 Å². The van der Waals surface area contributed by atoms with Gasteiger partial charge in [-0.15, -0.1) is 0 Å². The monoisotopic (exact) mass is 322 g/mol. The fraction of sp³-hybridized carbons (Fsp3) is 0.294.